The van der Waals surface area contributed by atoms with E-state index < -0.39 is 0 Å². The van der Waals surface area contributed by atoms with E-state index in [1.807, 2.05) is 0 Å². The predicted molar refractivity (Wildman–Crippen MR) is 65.7 cm³/mol. The zero-order valence-corrected chi connectivity index (χ0v) is 11.0. The lowest BCUT2D eigenvalue weighted by Crippen LogP contribution is -2.08. The van der Waals surface area contributed by atoms with Gasteiger partial charge in [-0.3, -0.25) is 4.79 Å². The number of methoxy groups -OCH3 is 1. The topological polar surface area (TPSA) is 61.5 Å². The molecule has 0 bridgehead atoms. The Morgan fingerprint density at radius 2 is 2.25 bits per heavy atom. The quantitative estimate of drug-likeness (QED) is 0.686. The molecule has 0 aliphatic carbocycles. The zero-order valence-electron chi connectivity index (χ0n) is 8.63. The standard InChI is InChI=1S/C10H11BrClNO3/c1-15-9(14)2-3-16-10-7(11)4-6(12)5-8(10)13/h4-5H,2-3,13H2,1H3. The Hall–Kier alpha value is -0.940. The van der Waals surface area contributed by atoms with Crippen LogP contribution in [0.2, 0.25) is 5.02 Å². The second-order valence-corrected chi connectivity index (χ2v) is 4.27. The van der Waals surface area contributed by atoms with Crippen molar-refractivity contribution in [1.82, 2.24) is 0 Å². The number of rotatable bonds is 4. The van der Waals surface area contributed by atoms with Crippen molar-refractivity contribution in [1.29, 1.82) is 0 Å². The molecule has 1 aromatic carbocycles. The van der Waals surface area contributed by atoms with Gasteiger partial charge in [0.25, 0.3) is 0 Å². The Bertz CT molecular complexity index is 375. The summed E-state index contributed by atoms with van der Waals surface area (Å²) in [5, 5.41) is 0.518. The number of esters is 1. The second kappa shape index (κ2) is 5.96. The second-order valence-electron chi connectivity index (χ2n) is 2.98. The van der Waals surface area contributed by atoms with Crippen LogP contribution >= 0.6 is 27.5 Å². The Kier molecular flexibility index (Phi) is 4.89. The third-order valence-corrected chi connectivity index (χ3v) is 2.62. The van der Waals surface area contributed by atoms with Gasteiger partial charge in [0.1, 0.15) is 0 Å². The third-order valence-electron chi connectivity index (χ3n) is 1.82. The van der Waals surface area contributed by atoms with E-state index in [2.05, 4.69) is 20.7 Å². The van der Waals surface area contributed by atoms with E-state index in [9.17, 15) is 4.79 Å². The number of nitrogen functional groups attached to an aromatic ring is 1. The minimum Gasteiger partial charge on any atom is -0.490 e. The highest BCUT2D eigenvalue weighted by Crippen LogP contribution is 2.34. The van der Waals surface area contributed by atoms with Crippen molar-refractivity contribution in [2.24, 2.45) is 0 Å². The summed E-state index contributed by atoms with van der Waals surface area (Å²) in [6.07, 6.45) is 0.172. The van der Waals surface area contributed by atoms with Gasteiger partial charge in [-0.1, -0.05) is 11.6 Å². The number of ether oxygens (including phenoxy) is 2. The van der Waals surface area contributed by atoms with E-state index in [0.717, 1.165) is 0 Å². The molecule has 0 atom stereocenters. The summed E-state index contributed by atoms with van der Waals surface area (Å²) in [6, 6.07) is 3.26. The fourth-order valence-corrected chi connectivity index (χ4v) is 2.02. The number of carbonyl (C=O) groups excluding carboxylic acids is 1. The molecule has 1 aromatic rings. The fraction of sp³-hybridized carbons (Fsp3) is 0.300. The highest BCUT2D eigenvalue weighted by Gasteiger charge is 2.09. The molecule has 0 fully saturated rings. The molecule has 0 spiro atoms. The molecule has 2 N–H and O–H groups in total. The van der Waals surface area contributed by atoms with Crippen LogP contribution in [0.5, 0.6) is 5.75 Å². The lowest BCUT2D eigenvalue weighted by molar-refractivity contribution is -0.141. The van der Waals surface area contributed by atoms with E-state index in [1.165, 1.54) is 7.11 Å². The van der Waals surface area contributed by atoms with Gasteiger partial charge in [0.05, 0.1) is 30.3 Å². The molecule has 0 amide bonds. The molecule has 1 rings (SSSR count). The predicted octanol–water partition coefficient (Wildman–Crippen LogP) is 2.63. The van der Waals surface area contributed by atoms with Crippen LogP contribution in [0.3, 0.4) is 0 Å². The molecule has 0 aromatic heterocycles. The van der Waals surface area contributed by atoms with Crippen molar-refractivity contribution in [3.05, 3.63) is 21.6 Å². The molecule has 4 nitrogen and oxygen atoms in total. The van der Waals surface area contributed by atoms with Gasteiger partial charge in [0, 0.05) is 5.02 Å². The van der Waals surface area contributed by atoms with Crippen molar-refractivity contribution < 1.29 is 14.3 Å². The van der Waals surface area contributed by atoms with Gasteiger partial charge in [0.15, 0.2) is 5.75 Å². The number of benzene rings is 1. The average molecular weight is 309 g/mol. The molecule has 0 unspecified atom stereocenters. The molecule has 0 heterocycles. The molecule has 0 aliphatic heterocycles. The first kappa shape index (κ1) is 13.1. The van der Waals surface area contributed by atoms with Gasteiger partial charge >= 0.3 is 5.97 Å². The largest absolute Gasteiger partial charge is 0.490 e. The van der Waals surface area contributed by atoms with Crippen molar-refractivity contribution in [3.63, 3.8) is 0 Å². The zero-order chi connectivity index (χ0) is 12.1. The van der Waals surface area contributed by atoms with Crippen LogP contribution in [0.4, 0.5) is 5.69 Å². The number of nitrogens with two attached hydrogens (primary N) is 1. The molecule has 16 heavy (non-hydrogen) atoms. The molecule has 0 aliphatic rings. The van der Waals surface area contributed by atoms with Crippen LogP contribution in [-0.2, 0) is 9.53 Å². The van der Waals surface area contributed by atoms with Gasteiger partial charge in [-0.05, 0) is 28.1 Å². The number of anilines is 1. The highest BCUT2D eigenvalue weighted by atomic mass is 79.9. The number of hydrogen-bond acceptors (Lipinski definition) is 4. The first-order chi connectivity index (χ1) is 7.54. The van der Waals surface area contributed by atoms with Gasteiger partial charge in [-0.25, -0.2) is 0 Å². The molecule has 6 heteroatoms. The maximum Gasteiger partial charge on any atom is 0.308 e. The monoisotopic (exact) mass is 307 g/mol. The van der Waals surface area contributed by atoms with Crippen molar-refractivity contribution in [3.8, 4) is 5.75 Å². The maximum absolute atomic E-state index is 10.9. The summed E-state index contributed by atoms with van der Waals surface area (Å²) in [6.45, 7) is 0.205. The smallest absolute Gasteiger partial charge is 0.308 e. The molecule has 88 valence electrons. The average Bonchev–Trinajstić information content (AvgIpc) is 2.21. The van der Waals surface area contributed by atoms with E-state index in [0.29, 0.717) is 20.9 Å². The van der Waals surface area contributed by atoms with Crippen molar-refractivity contribution in [2.45, 2.75) is 6.42 Å². The maximum atomic E-state index is 10.9. The molecule has 0 saturated carbocycles. The van der Waals surface area contributed by atoms with Gasteiger partial charge < -0.3 is 15.2 Å². The number of hydrogen-bond donors (Lipinski definition) is 1. The van der Waals surface area contributed by atoms with E-state index >= 15 is 0 Å². The minimum atomic E-state index is -0.330. The summed E-state index contributed by atoms with van der Waals surface area (Å²) in [7, 11) is 1.33. The van der Waals surface area contributed by atoms with Gasteiger partial charge in [-0.15, -0.1) is 0 Å². The minimum absolute atomic E-state index is 0.172. The van der Waals surface area contributed by atoms with Crippen molar-refractivity contribution in [2.75, 3.05) is 19.5 Å². The molecule has 0 radical (unpaired) electrons. The number of carbonyl (C=O) groups is 1. The van der Waals surface area contributed by atoms with Gasteiger partial charge in [0.2, 0.25) is 0 Å². The van der Waals surface area contributed by atoms with Gasteiger partial charge in [-0.2, -0.15) is 0 Å². The first-order valence-electron chi connectivity index (χ1n) is 4.48. The fourth-order valence-electron chi connectivity index (χ4n) is 1.07. The van der Waals surface area contributed by atoms with Crippen LogP contribution in [0.25, 0.3) is 0 Å². The van der Waals surface area contributed by atoms with Crippen LogP contribution in [0.15, 0.2) is 16.6 Å². The van der Waals surface area contributed by atoms with Crippen molar-refractivity contribution >= 4 is 39.2 Å². The normalized spacial score (nSPS) is 9.94. The van der Waals surface area contributed by atoms with E-state index in [-0.39, 0.29) is 19.0 Å². The summed E-state index contributed by atoms with van der Waals surface area (Å²) < 4.78 is 10.5. The number of halogens is 2. The molecular formula is C10H11BrClNO3. The Balaban J connectivity index is 2.64. The summed E-state index contributed by atoms with van der Waals surface area (Å²) in [5.41, 5.74) is 6.14. The lowest BCUT2D eigenvalue weighted by atomic mass is 10.3. The highest BCUT2D eigenvalue weighted by molar-refractivity contribution is 9.10. The Labute approximate surface area is 107 Å². The third kappa shape index (κ3) is 3.57. The van der Waals surface area contributed by atoms with Crippen LogP contribution in [-0.4, -0.2) is 19.7 Å². The summed E-state index contributed by atoms with van der Waals surface area (Å²) >= 11 is 9.07. The van der Waals surface area contributed by atoms with Crippen LogP contribution in [0, 0.1) is 0 Å². The Morgan fingerprint density at radius 3 is 2.81 bits per heavy atom. The molecule has 0 saturated heterocycles. The van der Waals surface area contributed by atoms with Crippen LogP contribution < -0.4 is 10.5 Å². The SMILES string of the molecule is COC(=O)CCOc1c(N)cc(Cl)cc1Br. The summed E-state index contributed by atoms with van der Waals surface area (Å²) in [4.78, 5) is 10.9. The van der Waals surface area contributed by atoms with Crippen LogP contribution in [0.1, 0.15) is 6.42 Å². The molecular weight excluding hydrogens is 297 g/mol. The Morgan fingerprint density at radius 1 is 1.56 bits per heavy atom. The first-order valence-corrected chi connectivity index (χ1v) is 5.66. The lowest BCUT2D eigenvalue weighted by Gasteiger charge is -2.10. The summed E-state index contributed by atoms with van der Waals surface area (Å²) in [5.74, 6) is 0.150. The van der Waals surface area contributed by atoms with E-state index in [1.54, 1.807) is 12.1 Å². The van der Waals surface area contributed by atoms with E-state index in [4.69, 9.17) is 22.1 Å².